The predicted molar refractivity (Wildman–Crippen MR) is 120 cm³/mol. The highest BCUT2D eigenvalue weighted by molar-refractivity contribution is 6.01. The minimum absolute atomic E-state index is 0.0788. The van der Waals surface area contributed by atoms with Crippen LogP contribution in [0.15, 0.2) is 56.3 Å². The van der Waals surface area contributed by atoms with Crippen molar-refractivity contribution < 1.29 is 23.1 Å². The molecule has 3 rings (SSSR count). The molecule has 0 saturated heterocycles. The average Bonchev–Trinajstić information content (AvgIpc) is 3.22. The van der Waals surface area contributed by atoms with Gasteiger partial charge < -0.3 is 18.3 Å². The van der Waals surface area contributed by atoms with Crippen molar-refractivity contribution in [2.75, 3.05) is 13.2 Å². The van der Waals surface area contributed by atoms with Gasteiger partial charge in [-0.3, -0.25) is 4.79 Å². The molecule has 0 amide bonds. The van der Waals surface area contributed by atoms with Gasteiger partial charge in [-0.15, -0.1) is 0 Å². The zero-order valence-corrected chi connectivity index (χ0v) is 18.1. The van der Waals surface area contributed by atoms with E-state index in [0.29, 0.717) is 36.6 Å². The van der Waals surface area contributed by atoms with Crippen LogP contribution in [0.25, 0.3) is 21.9 Å². The Balaban J connectivity index is 1.38. The molecule has 2 aromatic heterocycles. The molecule has 0 aliphatic heterocycles. The number of ether oxygens (including phenoxy) is 2. The molecule has 0 unspecified atom stereocenters. The van der Waals surface area contributed by atoms with Crippen molar-refractivity contribution in [1.82, 2.24) is 0 Å². The number of carbonyl (C=O) groups excluding carboxylic acids is 1. The Kier molecular flexibility index (Phi) is 8.76. The maximum absolute atomic E-state index is 11.5. The molecule has 0 radical (unpaired) electrons. The van der Waals surface area contributed by atoms with Crippen LogP contribution in [0.4, 0.5) is 0 Å². The van der Waals surface area contributed by atoms with Crippen LogP contribution < -0.4 is 10.4 Å². The van der Waals surface area contributed by atoms with Crippen LogP contribution >= 0.6 is 0 Å². The van der Waals surface area contributed by atoms with Gasteiger partial charge in [0.05, 0.1) is 23.6 Å². The van der Waals surface area contributed by atoms with E-state index in [1.807, 2.05) is 12.1 Å². The van der Waals surface area contributed by atoms with E-state index in [2.05, 4.69) is 13.0 Å². The highest BCUT2D eigenvalue weighted by Crippen LogP contribution is 2.34. The van der Waals surface area contributed by atoms with Crippen molar-refractivity contribution in [1.29, 1.82) is 0 Å². The van der Waals surface area contributed by atoms with Crippen LogP contribution in [0.5, 0.6) is 5.75 Å². The molecule has 0 aliphatic rings. The SMILES string of the molecule is CCCCCC(=O)OCCCCC/C=C/COc1c2ccoc2cc2oc(=O)ccc12. The fraction of sp³-hybridized carbons (Fsp3) is 0.440. The molecule has 2 heterocycles. The third-order valence-electron chi connectivity index (χ3n) is 5.06. The number of unbranched alkanes of at least 4 members (excludes halogenated alkanes) is 5. The first-order chi connectivity index (χ1) is 15.2. The van der Waals surface area contributed by atoms with Crippen LogP contribution in [0.1, 0.15) is 58.3 Å². The quantitative estimate of drug-likeness (QED) is 0.141. The lowest BCUT2D eigenvalue weighted by atomic mass is 10.1. The molecule has 0 saturated carbocycles. The molecule has 0 bridgehead atoms. The summed E-state index contributed by atoms with van der Waals surface area (Å²) in [7, 11) is 0. The zero-order valence-electron chi connectivity index (χ0n) is 18.1. The third kappa shape index (κ3) is 6.74. The summed E-state index contributed by atoms with van der Waals surface area (Å²) in [5.41, 5.74) is 0.655. The second-order valence-electron chi connectivity index (χ2n) is 7.51. The van der Waals surface area contributed by atoms with Crippen molar-refractivity contribution in [2.45, 2.75) is 58.3 Å². The number of hydrogen-bond acceptors (Lipinski definition) is 6. The van der Waals surface area contributed by atoms with Gasteiger partial charge in [0.1, 0.15) is 23.5 Å². The first kappa shape index (κ1) is 22.7. The lowest BCUT2D eigenvalue weighted by Crippen LogP contribution is -2.05. The molecule has 6 nitrogen and oxygen atoms in total. The van der Waals surface area contributed by atoms with E-state index in [1.165, 1.54) is 6.07 Å². The van der Waals surface area contributed by atoms with Crippen LogP contribution in [0.2, 0.25) is 0 Å². The van der Waals surface area contributed by atoms with Crippen molar-refractivity contribution in [3.8, 4) is 5.75 Å². The summed E-state index contributed by atoms with van der Waals surface area (Å²) >= 11 is 0. The Morgan fingerprint density at radius 2 is 1.87 bits per heavy atom. The number of fused-ring (bicyclic) bond motifs is 2. The van der Waals surface area contributed by atoms with E-state index in [9.17, 15) is 9.59 Å². The van der Waals surface area contributed by atoms with Crippen molar-refractivity contribution in [2.24, 2.45) is 0 Å². The first-order valence-electron chi connectivity index (χ1n) is 11.1. The summed E-state index contributed by atoms with van der Waals surface area (Å²) in [5, 5.41) is 1.59. The van der Waals surface area contributed by atoms with Gasteiger partial charge in [-0.2, -0.15) is 0 Å². The number of allylic oxidation sites excluding steroid dienone is 1. The topological polar surface area (TPSA) is 78.9 Å². The number of carbonyl (C=O) groups is 1. The highest BCUT2D eigenvalue weighted by Gasteiger charge is 2.12. The molecule has 31 heavy (non-hydrogen) atoms. The molecule has 0 aliphatic carbocycles. The van der Waals surface area contributed by atoms with Crippen molar-refractivity contribution in [3.05, 3.63) is 53.1 Å². The number of hydrogen-bond donors (Lipinski definition) is 0. The standard InChI is InChI=1S/C25H30O6/c1-2-3-8-11-23(26)29-15-9-6-4-5-7-10-16-30-25-19-12-13-24(27)31-22(19)18-21-20(25)14-17-28-21/h7,10,12-14,17-18H,2-6,8-9,11,15-16H2,1H3/b10-7+. The molecular weight excluding hydrogens is 396 g/mol. The fourth-order valence-electron chi connectivity index (χ4n) is 3.40. The number of benzene rings is 1. The van der Waals surface area contributed by atoms with Gasteiger partial charge in [0, 0.05) is 18.6 Å². The van der Waals surface area contributed by atoms with Gasteiger partial charge in [-0.25, -0.2) is 4.79 Å². The Labute approximate surface area is 181 Å². The van der Waals surface area contributed by atoms with E-state index < -0.39 is 5.63 Å². The minimum Gasteiger partial charge on any atom is -0.488 e. The summed E-state index contributed by atoms with van der Waals surface area (Å²) in [5.74, 6) is 0.570. The predicted octanol–water partition coefficient (Wildman–Crippen LogP) is 6.16. The molecule has 0 spiro atoms. The Hall–Kier alpha value is -3.02. The Bertz CT molecular complexity index is 1060. The molecule has 6 heteroatoms. The van der Waals surface area contributed by atoms with E-state index >= 15 is 0 Å². The maximum Gasteiger partial charge on any atom is 0.336 e. The highest BCUT2D eigenvalue weighted by atomic mass is 16.5. The van der Waals surface area contributed by atoms with E-state index in [4.69, 9.17) is 18.3 Å². The molecule has 0 N–H and O–H groups in total. The number of esters is 1. The number of rotatable bonds is 13. The maximum atomic E-state index is 11.5. The van der Waals surface area contributed by atoms with E-state index in [0.717, 1.165) is 55.7 Å². The molecular formula is C25H30O6. The summed E-state index contributed by atoms with van der Waals surface area (Å²) in [6.45, 7) is 3.04. The van der Waals surface area contributed by atoms with Crippen LogP contribution in [0.3, 0.4) is 0 Å². The summed E-state index contributed by atoms with van der Waals surface area (Å²) in [6, 6.07) is 6.65. The monoisotopic (exact) mass is 426 g/mol. The smallest absolute Gasteiger partial charge is 0.336 e. The average molecular weight is 427 g/mol. The third-order valence-corrected chi connectivity index (χ3v) is 5.06. The fourth-order valence-corrected chi connectivity index (χ4v) is 3.40. The lowest BCUT2D eigenvalue weighted by molar-refractivity contribution is -0.143. The second kappa shape index (κ2) is 12.0. The summed E-state index contributed by atoms with van der Waals surface area (Å²) in [6.07, 6.45) is 13.2. The van der Waals surface area contributed by atoms with Gasteiger partial charge in [0.15, 0.2) is 0 Å². The minimum atomic E-state index is -0.407. The van der Waals surface area contributed by atoms with Crippen LogP contribution in [-0.2, 0) is 9.53 Å². The second-order valence-corrected chi connectivity index (χ2v) is 7.51. The zero-order chi connectivity index (χ0) is 21.9. The Morgan fingerprint density at radius 3 is 2.74 bits per heavy atom. The van der Waals surface area contributed by atoms with Gasteiger partial charge in [0.25, 0.3) is 0 Å². The first-order valence-corrected chi connectivity index (χ1v) is 11.1. The molecule has 166 valence electrons. The van der Waals surface area contributed by atoms with Crippen LogP contribution in [0, 0.1) is 0 Å². The van der Waals surface area contributed by atoms with Gasteiger partial charge >= 0.3 is 11.6 Å². The summed E-state index contributed by atoms with van der Waals surface area (Å²) < 4.78 is 21.9. The summed E-state index contributed by atoms with van der Waals surface area (Å²) in [4.78, 5) is 23.0. The van der Waals surface area contributed by atoms with E-state index in [1.54, 1.807) is 18.4 Å². The largest absolute Gasteiger partial charge is 0.488 e. The molecule has 0 atom stereocenters. The van der Waals surface area contributed by atoms with Gasteiger partial charge in [-0.05, 0) is 44.2 Å². The van der Waals surface area contributed by atoms with E-state index in [-0.39, 0.29) is 5.97 Å². The van der Waals surface area contributed by atoms with Crippen LogP contribution in [-0.4, -0.2) is 19.2 Å². The number of furan rings is 1. The molecule has 1 aromatic carbocycles. The normalized spacial score (nSPS) is 11.5. The molecule has 3 aromatic rings. The van der Waals surface area contributed by atoms with Gasteiger partial charge in [0.2, 0.25) is 0 Å². The van der Waals surface area contributed by atoms with Crippen molar-refractivity contribution in [3.63, 3.8) is 0 Å². The molecule has 0 fully saturated rings. The van der Waals surface area contributed by atoms with Crippen molar-refractivity contribution >= 4 is 27.9 Å². The van der Waals surface area contributed by atoms with Gasteiger partial charge in [-0.1, -0.05) is 31.9 Å². The lowest BCUT2D eigenvalue weighted by Gasteiger charge is -2.08. The Morgan fingerprint density at radius 1 is 1.00 bits per heavy atom.